The van der Waals surface area contributed by atoms with Crippen LogP contribution in [-0.2, 0) is 13.1 Å². The Hall–Kier alpha value is -1.71. The van der Waals surface area contributed by atoms with Crippen molar-refractivity contribution < 1.29 is 4.39 Å². The van der Waals surface area contributed by atoms with E-state index in [0.29, 0.717) is 0 Å². The first-order chi connectivity index (χ1) is 10.7. The van der Waals surface area contributed by atoms with Gasteiger partial charge in [0.2, 0.25) is 0 Å². The average Bonchev–Trinajstić information content (AvgIpc) is 2.54. The monoisotopic (exact) mass is 297 g/mol. The molecule has 1 heterocycles. The van der Waals surface area contributed by atoms with Crippen LogP contribution in [0.2, 0.25) is 0 Å². The van der Waals surface area contributed by atoms with Crippen molar-refractivity contribution in [3.63, 3.8) is 0 Å². The highest BCUT2D eigenvalue weighted by Gasteiger charge is 2.17. The van der Waals surface area contributed by atoms with Crippen molar-refractivity contribution in [2.75, 3.05) is 26.2 Å². The van der Waals surface area contributed by atoms with Gasteiger partial charge in [-0.05, 0) is 35.7 Å². The largest absolute Gasteiger partial charge is 0.297 e. The van der Waals surface area contributed by atoms with Crippen molar-refractivity contribution in [3.05, 3.63) is 78.0 Å². The van der Waals surface area contributed by atoms with Crippen LogP contribution in [0.15, 0.2) is 48.5 Å². The molecule has 0 aliphatic carbocycles. The van der Waals surface area contributed by atoms with Gasteiger partial charge in [-0.25, -0.2) is 4.39 Å². The molecule has 3 heteroatoms. The number of piperazine rings is 1. The summed E-state index contributed by atoms with van der Waals surface area (Å²) in [6.07, 6.45) is 0. The van der Waals surface area contributed by atoms with Crippen LogP contribution in [0.3, 0.4) is 0 Å². The van der Waals surface area contributed by atoms with Crippen LogP contribution in [0, 0.1) is 12.7 Å². The second-order valence-electron chi connectivity index (χ2n) is 6.00. The lowest BCUT2D eigenvalue weighted by molar-refractivity contribution is 0.122. The molecular formula is C19H22FN2. The number of hydrogen-bond acceptors (Lipinski definition) is 2. The standard InChI is InChI=1S/C19H22FN2/c1-16-2-4-17(5-3-16)14-21-10-12-22(13-11-21)15-18-6-8-19(20)9-7-18/h2-9H,1,10-15H2. The zero-order valence-electron chi connectivity index (χ0n) is 12.8. The quantitative estimate of drug-likeness (QED) is 0.854. The van der Waals surface area contributed by atoms with Gasteiger partial charge >= 0.3 is 0 Å². The molecular weight excluding hydrogens is 275 g/mol. The van der Waals surface area contributed by atoms with E-state index < -0.39 is 0 Å². The second-order valence-corrected chi connectivity index (χ2v) is 6.00. The molecule has 1 saturated heterocycles. The fourth-order valence-corrected chi connectivity index (χ4v) is 2.86. The van der Waals surface area contributed by atoms with E-state index in [0.717, 1.165) is 44.8 Å². The number of hydrogen-bond donors (Lipinski definition) is 0. The SMILES string of the molecule is [CH2]c1ccc(CN2CCN(Cc3ccc(F)cc3)CC2)cc1. The molecule has 0 spiro atoms. The summed E-state index contributed by atoms with van der Waals surface area (Å²) in [5.74, 6) is -0.165. The highest BCUT2D eigenvalue weighted by Crippen LogP contribution is 2.12. The Kier molecular flexibility index (Phi) is 4.86. The highest BCUT2D eigenvalue weighted by atomic mass is 19.1. The third-order valence-electron chi connectivity index (χ3n) is 4.21. The molecule has 0 unspecified atom stereocenters. The molecule has 0 aromatic heterocycles. The number of nitrogens with zero attached hydrogens (tertiary/aromatic N) is 2. The minimum absolute atomic E-state index is 0.165. The van der Waals surface area contributed by atoms with Crippen LogP contribution in [0.5, 0.6) is 0 Å². The molecule has 2 aromatic rings. The first-order valence-corrected chi connectivity index (χ1v) is 7.79. The van der Waals surface area contributed by atoms with Gasteiger partial charge in [0, 0.05) is 39.3 Å². The number of halogens is 1. The molecule has 0 amide bonds. The van der Waals surface area contributed by atoms with Gasteiger partial charge in [-0.1, -0.05) is 36.4 Å². The van der Waals surface area contributed by atoms with Crippen LogP contribution in [-0.4, -0.2) is 36.0 Å². The lowest BCUT2D eigenvalue weighted by Crippen LogP contribution is -2.45. The van der Waals surface area contributed by atoms with Crippen molar-refractivity contribution in [2.24, 2.45) is 0 Å². The summed E-state index contributed by atoms with van der Waals surface area (Å²) < 4.78 is 12.9. The second kappa shape index (κ2) is 7.03. The zero-order valence-corrected chi connectivity index (χ0v) is 12.8. The van der Waals surface area contributed by atoms with E-state index in [4.69, 9.17) is 0 Å². The molecule has 22 heavy (non-hydrogen) atoms. The predicted octanol–water partition coefficient (Wildman–Crippen LogP) is 3.33. The molecule has 3 rings (SSSR count). The van der Waals surface area contributed by atoms with Crippen molar-refractivity contribution in [2.45, 2.75) is 13.1 Å². The van der Waals surface area contributed by atoms with Gasteiger partial charge in [-0.15, -0.1) is 0 Å². The maximum absolute atomic E-state index is 12.9. The van der Waals surface area contributed by atoms with Crippen LogP contribution in [0.4, 0.5) is 4.39 Å². The Balaban J connectivity index is 1.47. The lowest BCUT2D eigenvalue weighted by Gasteiger charge is -2.34. The van der Waals surface area contributed by atoms with Gasteiger partial charge in [-0.3, -0.25) is 9.80 Å². The fourth-order valence-electron chi connectivity index (χ4n) is 2.86. The van der Waals surface area contributed by atoms with Gasteiger partial charge in [0.05, 0.1) is 0 Å². The smallest absolute Gasteiger partial charge is 0.123 e. The molecule has 1 radical (unpaired) electrons. The van der Waals surface area contributed by atoms with Crippen molar-refractivity contribution in [1.29, 1.82) is 0 Å². The third kappa shape index (κ3) is 4.15. The van der Waals surface area contributed by atoms with Gasteiger partial charge in [0.15, 0.2) is 0 Å². The minimum Gasteiger partial charge on any atom is -0.297 e. The summed E-state index contributed by atoms with van der Waals surface area (Å²) in [6.45, 7) is 10.1. The summed E-state index contributed by atoms with van der Waals surface area (Å²) in [5, 5.41) is 0. The molecule has 0 saturated carbocycles. The zero-order chi connectivity index (χ0) is 15.4. The summed E-state index contributed by atoms with van der Waals surface area (Å²) in [7, 11) is 0. The summed E-state index contributed by atoms with van der Waals surface area (Å²) in [6, 6.07) is 15.3. The average molecular weight is 297 g/mol. The van der Waals surface area contributed by atoms with Gasteiger partial charge in [0.1, 0.15) is 5.82 Å². The van der Waals surface area contributed by atoms with Crippen molar-refractivity contribution >= 4 is 0 Å². The van der Waals surface area contributed by atoms with E-state index in [1.807, 2.05) is 12.1 Å². The van der Waals surface area contributed by atoms with E-state index in [1.54, 1.807) is 0 Å². The third-order valence-corrected chi connectivity index (χ3v) is 4.21. The molecule has 2 nitrogen and oxygen atoms in total. The maximum atomic E-state index is 12.9. The van der Waals surface area contributed by atoms with E-state index in [2.05, 4.69) is 41.0 Å². The molecule has 0 N–H and O–H groups in total. The first-order valence-electron chi connectivity index (χ1n) is 7.79. The molecule has 115 valence electrons. The number of benzene rings is 2. The molecule has 0 bridgehead atoms. The molecule has 2 aromatic carbocycles. The molecule has 1 aliphatic heterocycles. The van der Waals surface area contributed by atoms with E-state index in [1.165, 1.54) is 23.3 Å². The molecule has 0 atom stereocenters. The lowest BCUT2D eigenvalue weighted by atomic mass is 10.1. The Morgan fingerprint density at radius 1 is 0.727 bits per heavy atom. The Labute approximate surface area is 132 Å². The van der Waals surface area contributed by atoms with Crippen LogP contribution >= 0.6 is 0 Å². The first kappa shape index (κ1) is 15.2. The Morgan fingerprint density at radius 2 is 1.14 bits per heavy atom. The maximum Gasteiger partial charge on any atom is 0.123 e. The Bertz CT molecular complexity index is 528. The summed E-state index contributed by atoms with van der Waals surface area (Å²) in [5.41, 5.74) is 3.59. The van der Waals surface area contributed by atoms with Crippen LogP contribution in [0.25, 0.3) is 0 Å². The number of rotatable bonds is 4. The van der Waals surface area contributed by atoms with Gasteiger partial charge in [0.25, 0.3) is 0 Å². The van der Waals surface area contributed by atoms with Crippen molar-refractivity contribution in [3.8, 4) is 0 Å². The highest BCUT2D eigenvalue weighted by molar-refractivity contribution is 5.24. The van der Waals surface area contributed by atoms with Crippen LogP contribution < -0.4 is 0 Å². The predicted molar refractivity (Wildman–Crippen MR) is 87.9 cm³/mol. The normalized spacial score (nSPS) is 16.8. The van der Waals surface area contributed by atoms with E-state index in [-0.39, 0.29) is 5.82 Å². The van der Waals surface area contributed by atoms with Gasteiger partial charge in [-0.2, -0.15) is 0 Å². The van der Waals surface area contributed by atoms with Crippen molar-refractivity contribution in [1.82, 2.24) is 9.80 Å². The molecule has 1 fully saturated rings. The minimum atomic E-state index is -0.165. The fraction of sp³-hybridized carbons (Fsp3) is 0.316. The topological polar surface area (TPSA) is 6.48 Å². The summed E-state index contributed by atoms with van der Waals surface area (Å²) in [4.78, 5) is 4.92. The molecule has 1 aliphatic rings. The Morgan fingerprint density at radius 3 is 1.59 bits per heavy atom. The van der Waals surface area contributed by atoms with E-state index in [9.17, 15) is 4.39 Å². The van der Waals surface area contributed by atoms with Crippen LogP contribution in [0.1, 0.15) is 16.7 Å². The van der Waals surface area contributed by atoms with Gasteiger partial charge < -0.3 is 0 Å². The van der Waals surface area contributed by atoms with E-state index >= 15 is 0 Å². The summed E-state index contributed by atoms with van der Waals surface area (Å²) >= 11 is 0.